The summed E-state index contributed by atoms with van der Waals surface area (Å²) in [5.41, 5.74) is 1.67. The summed E-state index contributed by atoms with van der Waals surface area (Å²) in [7, 11) is 0. The van der Waals surface area contributed by atoms with Crippen molar-refractivity contribution < 1.29 is 14.5 Å². The zero-order valence-corrected chi connectivity index (χ0v) is 15.2. The fourth-order valence-corrected chi connectivity index (χ4v) is 3.81. The summed E-state index contributed by atoms with van der Waals surface area (Å²) in [5, 5.41) is 14.9. The number of carbonyl (C=O) groups excluding carboxylic acids is 1. The van der Waals surface area contributed by atoms with Crippen molar-refractivity contribution in [1.29, 1.82) is 0 Å². The first-order valence-corrected chi connectivity index (χ1v) is 9.14. The lowest BCUT2D eigenvalue weighted by molar-refractivity contribution is -0.384. The number of amides is 1. The highest BCUT2D eigenvalue weighted by Gasteiger charge is 2.36. The summed E-state index contributed by atoms with van der Waals surface area (Å²) < 4.78 is 5.71. The fourth-order valence-electron chi connectivity index (χ4n) is 3.59. The van der Waals surface area contributed by atoms with E-state index in [0.717, 1.165) is 12.8 Å². The molecule has 8 heteroatoms. The van der Waals surface area contributed by atoms with Crippen molar-refractivity contribution in [3.05, 3.63) is 68.7 Å². The van der Waals surface area contributed by atoms with Gasteiger partial charge in [0.1, 0.15) is 6.17 Å². The van der Waals surface area contributed by atoms with Gasteiger partial charge in [-0.05, 0) is 31.0 Å². The number of hydrogen-bond acceptors (Lipinski definition) is 5. The van der Waals surface area contributed by atoms with Gasteiger partial charge in [0, 0.05) is 41.6 Å². The molecule has 0 bridgehead atoms. The van der Waals surface area contributed by atoms with Crippen molar-refractivity contribution in [1.82, 2.24) is 4.90 Å². The van der Waals surface area contributed by atoms with Crippen LogP contribution in [0.15, 0.2) is 42.5 Å². The normalized spacial score (nSPS) is 21.7. The number of nitro benzene ring substituents is 1. The van der Waals surface area contributed by atoms with E-state index in [2.05, 4.69) is 5.32 Å². The van der Waals surface area contributed by atoms with Gasteiger partial charge < -0.3 is 15.0 Å². The smallest absolute Gasteiger partial charge is 0.269 e. The number of non-ortho nitro benzene ring substituents is 1. The minimum Gasteiger partial charge on any atom is -0.376 e. The molecule has 2 aliphatic heterocycles. The number of fused-ring (bicyclic) bond motifs is 1. The van der Waals surface area contributed by atoms with E-state index in [1.165, 1.54) is 18.2 Å². The van der Waals surface area contributed by atoms with Crippen LogP contribution in [0.2, 0.25) is 5.02 Å². The van der Waals surface area contributed by atoms with Gasteiger partial charge >= 0.3 is 0 Å². The number of nitrogens with zero attached hydrogens (tertiary/aromatic N) is 2. The number of ether oxygens (including phenoxy) is 1. The molecule has 1 saturated heterocycles. The summed E-state index contributed by atoms with van der Waals surface area (Å²) in [6.07, 6.45) is 1.17. The third kappa shape index (κ3) is 3.36. The van der Waals surface area contributed by atoms with E-state index in [1.807, 2.05) is 18.2 Å². The number of anilines is 1. The molecule has 0 saturated carbocycles. The lowest BCUT2D eigenvalue weighted by Crippen LogP contribution is -2.46. The quantitative estimate of drug-likeness (QED) is 0.633. The summed E-state index contributed by atoms with van der Waals surface area (Å²) in [5.74, 6) is -0.146. The van der Waals surface area contributed by atoms with Gasteiger partial charge in [-0.1, -0.05) is 23.7 Å². The number of carbonyl (C=O) groups is 1. The molecule has 2 heterocycles. The Morgan fingerprint density at radius 1 is 1.30 bits per heavy atom. The largest absolute Gasteiger partial charge is 0.376 e. The molecule has 27 heavy (non-hydrogen) atoms. The van der Waals surface area contributed by atoms with Crippen molar-refractivity contribution >= 4 is 28.9 Å². The van der Waals surface area contributed by atoms with E-state index < -0.39 is 11.1 Å². The SMILES string of the molecule is O=C1c2ccccc2N[C@H](c2cc([N+](=O)[O-])ccc2Cl)N1C[C@H]1CCCO1. The zero-order valence-electron chi connectivity index (χ0n) is 14.4. The van der Waals surface area contributed by atoms with Crippen molar-refractivity contribution in [2.24, 2.45) is 0 Å². The molecular formula is C19H18ClN3O4. The molecule has 1 N–H and O–H groups in total. The second-order valence-corrected chi connectivity index (χ2v) is 7.06. The molecule has 0 unspecified atom stereocenters. The third-order valence-corrected chi connectivity index (χ3v) is 5.28. The van der Waals surface area contributed by atoms with Crippen LogP contribution in [-0.2, 0) is 4.74 Å². The van der Waals surface area contributed by atoms with Crippen LogP contribution < -0.4 is 5.32 Å². The van der Waals surface area contributed by atoms with Gasteiger partial charge in [0.05, 0.1) is 16.6 Å². The molecule has 7 nitrogen and oxygen atoms in total. The minimum absolute atomic E-state index is 0.0546. The van der Waals surface area contributed by atoms with Crippen LogP contribution in [0.4, 0.5) is 11.4 Å². The van der Waals surface area contributed by atoms with E-state index in [0.29, 0.717) is 35.0 Å². The Bertz CT molecular complexity index is 898. The first-order valence-electron chi connectivity index (χ1n) is 8.76. The van der Waals surface area contributed by atoms with Crippen LogP contribution in [0.3, 0.4) is 0 Å². The first kappa shape index (κ1) is 17.8. The van der Waals surface area contributed by atoms with Crippen molar-refractivity contribution in [2.75, 3.05) is 18.5 Å². The highest BCUT2D eigenvalue weighted by atomic mass is 35.5. The highest BCUT2D eigenvalue weighted by Crippen LogP contribution is 2.37. The molecule has 1 fully saturated rings. The monoisotopic (exact) mass is 387 g/mol. The number of nitro groups is 1. The van der Waals surface area contributed by atoms with Gasteiger partial charge in [0.2, 0.25) is 0 Å². The standard InChI is InChI=1S/C19H18ClN3O4/c20-16-8-7-12(23(25)26)10-15(16)18-21-17-6-2-1-5-14(17)19(24)22(18)11-13-4-3-9-27-13/h1-2,5-8,10,13,18,21H,3-4,9,11H2/t13-,18+/m1/s1. The van der Waals surface area contributed by atoms with Crippen LogP contribution in [0, 0.1) is 10.1 Å². The van der Waals surface area contributed by atoms with Crippen LogP contribution in [-0.4, -0.2) is 35.0 Å². The predicted octanol–water partition coefficient (Wildman–Crippen LogP) is 3.99. The summed E-state index contributed by atoms with van der Waals surface area (Å²) in [4.78, 5) is 25.6. The molecule has 2 aromatic rings. The van der Waals surface area contributed by atoms with Gasteiger partial charge in [-0.2, -0.15) is 0 Å². The maximum atomic E-state index is 13.2. The van der Waals surface area contributed by atoms with Gasteiger partial charge in [-0.3, -0.25) is 14.9 Å². The average Bonchev–Trinajstić information content (AvgIpc) is 3.17. The fraction of sp³-hybridized carbons (Fsp3) is 0.316. The predicted molar refractivity (Wildman–Crippen MR) is 101 cm³/mol. The van der Waals surface area contributed by atoms with Crippen molar-refractivity contribution in [3.8, 4) is 0 Å². The lowest BCUT2D eigenvalue weighted by Gasteiger charge is -2.39. The molecule has 4 rings (SSSR count). The van der Waals surface area contributed by atoms with Gasteiger partial charge in [-0.25, -0.2) is 0 Å². The topological polar surface area (TPSA) is 84.7 Å². The Morgan fingerprint density at radius 2 is 2.11 bits per heavy atom. The zero-order chi connectivity index (χ0) is 19.0. The van der Waals surface area contributed by atoms with Crippen LogP contribution in [0.25, 0.3) is 0 Å². The Hall–Kier alpha value is -2.64. The van der Waals surface area contributed by atoms with Crippen molar-refractivity contribution in [3.63, 3.8) is 0 Å². The minimum atomic E-state index is -0.607. The maximum Gasteiger partial charge on any atom is 0.269 e. The van der Waals surface area contributed by atoms with Crippen molar-refractivity contribution in [2.45, 2.75) is 25.1 Å². The second-order valence-electron chi connectivity index (χ2n) is 6.65. The number of halogens is 1. The number of nitrogens with one attached hydrogen (secondary N) is 1. The number of rotatable bonds is 4. The van der Waals surface area contributed by atoms with E-state index >= 15 is 0 Å². The molecule has 0 aliphatic carbocycles. The molecule has 0 aromatic heterocycles. The van der Waals surface area contributed by atoms with Gasteiger partial charge in [-0.15, -0.1) is 0 Å². The molecule has 2 atom stereocenters. The summed E-state index contributed by atoms with van der Waals surface area (Å²) >= 11 is 6.36. The Morgan fingerprint density at radius 3 is 2.85 bits per heavy atom. The van der Waals surface area contributed by atoms with Gasteiger partial charge in [0.15, 0.2) is 0 Å². The van der Waals surface area contributed by atoms with E-state index in [9.17, 15) is 14.9 Å². The Labute approximate surface area is 161 Å². The molecule has 2 aliphatic rings. The molecule has 140 valence electrons. The Balaban J connectivity index is 1.77. The molecule has 0 radical (unpaired) electrons. The second kappa shape index (κ2) is 7.17. The van der Waals surface area contributed by atoms with Gasteiger partial charge in [0.25, 0.3) is 11.6 Å². The van der Waals surface area contributed by atoms with Crippen LogP contribution in [0.1, 0.15) is 34.9 Å². The molecule has 2 aromatic carbocycles. The molecule has 1 amide bonds. The number of para-hydroxylation sites is 1. The summed E-state index contributed by atoms with van der Waals surface area (Å²) in [6.45, 7) is 1.07. The summed E-state index contributed by atoms with van der Waals surface area (Å²) in [6, 6.07) is 11.5. The number of hydrogen-bond donors (Lipinski definition) is 1. The molecule has 0 spiro atoms. The van der Waals surface area contributed by atoms with E-state index in [1.54, 1.807) is 11.0 Å². The van der Waals surface area contributed by atoms with Crippen LogP contribution >= 0.6 is 11.6 Å². The highest BCUT2D eigenvalue weighted by molar-refractivity contribution is 6.31. The Kier molecular flexibility index (Phi) is 4.72. The lowest BCUT2D eigenvalue weighted by atomic mass is 10.0. The van der Waals surface area contributed by atoms with Crippen LogP contribution in [0.5, 0.6) is 0 Å². The molecular weight excluding hydrogens is 370 g/mol. The maximum absolute atomic E-state index is 13.2. The first-order chi connectivity index (χ1) is 13.0. The number of benzene rings is 2. The van der Waals surface area contributed by atoms with E-state index in [-0.39, 0.29) is 17.7 Å². The van der Waals surface area contributed by atoms with E-state index in [4.69, 9.17) is 16.3 Å². The third-order valence-electron chi connectivity index (χ3n) is 4.93. The average molecular weight is 388 g/mol.